The molecule has 0 atom stereocenters. The first-order valence-electron chi connectivity index (χ1n) is 10.5. The highest BCUT2D eigenvalue weighted by molar-refractivity contribution is 5.97. The first-order chi connectivity index (χ1) is 14.8. The van der Waals surface area contributed by atoms with Crippen molar-refractivity contribution in [1.82, 2.24) is 10.1 Å². The van der Waals surface area contributed by atoms with Crippen molar-refractivity contribution in [3.8, 4) is 11.4 Å². The summed E-state index contributed by atoms with van der Waals surface area (Å²) < 4.78 is 17.2. The Bertz CT molecular complexity index is 1500. The van der Waals surface area contributed by atoms with Crippen molar-refractivity contribution in [1.29, 1.82) is 0 Å². The Morgan fingerprint density at radius 3 is 2.23 bits per heavy atom. The molecule has 31 heavy (non-hydrogen) atoms. The fourth-order valence-electron chi connectivity index (χ4n) is 4.46. The van der Waals surface area contributed by atoms with Gasteiger partial charge in [-0.05, 0) is 56.7 Å². The van der Waals surface area contributed by atoms with E-state index >= 15 is 4.39 Å². The molecule has 4 heteroatoms. The van der Waals surface area contributed by atoms with Gasteiger partial charge in [-0.15, -0.1) is 4.68 Å². The predicted molar refractivity (Wildman–Crippen MR) is 125 cm³/mol. The number of nitrogens with zero attached hydrogens (tertiary/aromatic N) is 3. The number of aromatic nitrogens is 3. The number of hydrogen-bond acceptors (Lipinski definition) is 2. The number of rotatable bonds is 1. The van der Waals surface area contributed by atoms with Gasteiger partial charge < -0.3 is 0 Å². The van der Waals surface area contributed by atoms with Gasteiger partial charge in [-0.3, -0.25) is 0 Å². The molecule has 0 aliphatic rings. The molecule has 4 aromatic carbocycles. The van der Waals surface area contributed by atoms with E-state index in [-0.39, 0.29) is 11.2 Å². The third-order valence-corrected chi connectivity index (χ3v) is 6.08. The van der Waals surface area contributed by atoms with Gasteiger partial charge in [0.2, 0.25) is 5.52 Å². The monoisotopic (exact) mass is 410 g/mol. The molecule has 0 spiro atoms. The van der Waals surface area contributed by atoms with Crippen LogP contribution in [0.2, 0.25) is 0 Å². The van der Waals surface area contributed by atoms with Crippen LogP contribution in [-0.4, -0.2) is 10.1 Å². The molecule has 5 rings (SSSR count). The molecule has 0 saturated heterocycles. The van der Waals surface area contributed by atoms with Crippen LogP contribution in [0.4, 0.5) is 4.39 Å². The highest BCUT2D eigenvalue weighted by Gasteiger charge is 2.26. The summed E-state index contributed by atoms with van der Waals surface area (Å²) in [5.74, 6) is 0.340. The number of aryl methyl sites for hydroxylation is 2. The molecular formula is C27H25FN3+. The van der Waals surface area contributed by atoms with Crippen LogP contribution in [0, 0.1) is 12.7 Å². The van der Waals surface area contributed by atoms with Crippen LogP contribution in [-0.2, 0) is 12.5 Å². The zero-order valence-corrected chi connectivity index (χ0v) is 18.5. The highest BCUT2D eigenvalue weighted by Crippen LogP contribution is 2.37. The number of halogens is 1. The number of benzene rings is 4. The molecule has 0 saturated carbocycles. The summed E-state index contributed by atoms with van der Waals surface area (Å²) in [6, 6.07) is 20.0. The normalized spacial score (nSPS) is 12.2. The molecule has 0 radical (unpaired) electrons. The Morgan fingerprint density at radius 1 is 0.871 bits per heavy atom. The summed E-state index contributed by atoms with van der Waals surface area (Å²) in [4.78, 5) is 4.81. The van der Waals surface area contributed by atoms with E-state index in [9.17, 15) is 0 Å². The largest absolute Gasteiger partial charge is 0.351 e. The molecule has 0 aliphatic heterocycles. The quantitative estimate of drug-likeness (QED) is 0.244. The third-order valence-electron chi connectivity index (χ3n) is 6.08. The van der Waals surface area contributed by atoms with Gasteiger partial charge in [-0.1, -0.05) is 74.4 Å². The van der Waals surface area contributed by atoms with Gasteiger partial charge in [0.05, 0.1) is 5.56 Å². The second-order valence-corrected chi connectivity index (χ2v) is 9.23. The van der Waals surface area contributed by atoms with E-state index in [1.807, 2.05) is 31.3 Å². The minimum Gasteiger partial charge on any atom is -0.201 e. The second kappa shape index (κ2) is 6.81. The van der Waals surface area contributed by atoms with Crippen LogP contribution in [0.25, 0.3) is 44.0 Å². The van der Waals surface area contributed by atoms with Gasteiger partial charge in [-0.2, -0.15) is 0 Å². The summed E-state index contributed by atoms with van der Waals surface area (Å²) in [6.07, 6.45) is 0. The summed E-state index contributed by atoms with van der Waals surface area (Å²) in [6.45, 7) is 8.75. The van der Waals surface area contributed by atoms with Crippen molar-refractivity contribution in [2.45, 2.75) is 33.1 Å². The molecule has 0 unspecified atom stereocenters. The first-order valence-corrected chi connectivity index (χ1v) is 10.5. The fourth-order valence-corrected chi connectivity index (χ4v) is 4.46. The van der Waals surface area contributed by atoms with Crippen LogP contribution in [0.5, 0.6) is 0 Å². The zero-order chi connectivity index (χ0) is 21.9. The average molecular weight is 411 g/mol. The maximum absolute atomic E-state index is 15.4. The van der Waals surface area contributed by atoms with Crippen molar-refractivity contribution >= 4 is 32.6 Å². The van der Waals surface area contributed by atoms with Crippen LogP contribution < -0.4 is 4.68 Å². The summed E-state index contributed by atoms with van der Waals surface area (Å²) in [7, 11) is 1.88. The SMILES string of the molecule is Cc1c(-c2nc3c(F)c4ccccc4cc3n[n+]2C)cc(C(C)(C)C)c2ccccc12. The maximum Gasteiger partial charge on any atom is 0.351 e. The van der Waals surface area contributed by atoms with Crippen molar-refractivity contribution in [2.75, 3.05) is 0 Å². The van der Waals surface area contributed by atoms with Crippen LogP contribution in [0.3, 0.4) is 0 Å². The molecule has 1 heterocycles. The lowest BCUT2D eigenvalue weighted by Crippen LogP contribution is -2.37. The molecule has 5 aromatic rings. The molecule has 3 nitrogen and oxygen atoms in total. The Hall–Kier alpha value is -3.40. The first kappa shape index (κ1) is 19.6. The molecule has 0 fully saturated rings. The second-order valence-electron chi connectivity index (χ2n) is 9.23. The van der Waals surface area contributed by atoms with Gasteiger partial charge in [-0.25, -0.2) is 4.39 Å². The molecule has 0 amide bonds. The molecule has 1 aromatic heterocycles. The molecular weight excluding hydrogens is 385 g/mol. The van der Waals surface area contributed by atoms with Crippen molar-refractivity contribution in [2.24, 2.45) is 7.05 Å². The third kappa shape index (κ3) is 3.05. The van der Waals surface area contributed by atoms with Gasteiger partial charge >= 0.3 is 5.82 Å². The van der Waals surface area contributed by atoms with Crippen molar-refractivity contribution in [3.63, 3.8) is 0 Å². The lowest BCUT2D eigenvalue weighted by atomic mass is 9.81. The minimum absolute atomic E-state index is 0.0493. The van der Waals surface area contributed by atoms with Gasteiger partial charge in [0.25, 0.3) is 0 Å². The van der Waals surface area contributed by atoms with Crippen LogP contribution in [0.15, 0.2) is 60.7 Å². The minimum atomic E-state index is -0.322. The highest BCUT2D eigenvalue weighted by atomic mass is 19.1. The van der Waals surface area contributed by atoms with E-state index in [0.717, 1.165) is 16.5 Å². The number of fused-ring (bicyclic) bond motifs is 3. The molecule has 0 bridgehead atoms. The predicted octanol–water partition coefficient (Wildman–Crippen LogP) is 6.17. The molecule has 0 aliphatic carbocycles. The van der Waals surface area contributed by atoms with E-state index in [2.05, 4.69) is 58.0 Å². The van der Waals surface area contributed by atoms with Crippen molar-refractivity contribution in [3.05, 3.63) is 77.6 Å². The average Bonchev–Trinajstić information content (AvgIpc) is 2.73. The Balaban J connectivity index is 1.87. The Labute approximate surface area is 181 Å². The van der Waals surface area contributed by atoms with E-state index < -0.39 is 0 Å². The maximum atomic E-state index is 15.4. The fraction of sp³-hybridized carbons (Fsp3) is 0.222. The Kier molecular flexibility index (Phi) is 4.30. The smallest absolute Gasteiger partial charge is 0.201 e. The molecule has 154 valence electrons. The van der Waals surface area contributed by atoms with E-state index in [4.69, 9.17) is 10.1 Å². The summed E-state index contributed by atoms with van der Waals surface area (Å²) in [5, 5.41) is 8.51. The lowest BCUT2D eigenvalue weighted by molar-refractivity contribution is -0.720. The topological polar surface area (TPSA) is 29.7 Å². The lowest BCUT2D eigenvalue weighted by Gasteiger charge is -2.23. The standard InChI is InChI=1S/C27H25FN3/c1-16-18-11-8-9-13-20(18)22(27(2,3)4)15-21(16)26-29-25-23(30-31(26)5)14-17-10-6-7-12-19(17)24(25)28/h6-15H,1-5H3/q+1. The van der Waals surface area contributed by atoms with Crippen LogP contribution >= 0.6 is 0 Å². The van der Waals surface area contributed by atoms with Gasteiger partial charge in [0.15, 0.2) is 11.3 Å². The summed E-state index contributed by atoms with van der Waals surface area (Å²) in [5.41, 5.74) is 4.15. The zero-order valence-electron chi connectivity index (χ0n) is 18.5. The van der Waals surface area contributed by atoms with Crippen LogP contribution in [0.1, 0.15) is 31.9 Å². The van der Waals surface area contributed by atoms with Crippen molar-refractivity contribution < 1.29 is 9.07 Å². The van der Waals surface area contributed by atoms with Gasteiger partial charge in [0, 0.05) is 5.39 Å². The van der Waals surface area contributed by atoms with E-state index in [1.54, 1.807) is 10.7 Å². The molecule has 0 N–H and O–H groups in total. The Morgan fingerprint density at radius 2 is 1.52 bits per heavy atom. The number of hydrogen-bond donors (Lipinski definition) is 0. The van der Waals surface area contributed by atoms with E-state index in [1.165, 1.54) is 16.3 Å². The summed E-state index contributed by atoms with van der Waals surface area (Å²) >= 11 is 0. The van der Waals surface area contributed by atoms with Gasteiger partial charge in [0.1, 0.15) is 7.05 Å². The van der Waals surface area contributed by atoms with E-state index in [0.29, 0.717) is 22.2 Å².